The second-order valence-corrected chi connectivity index (χ2v) is 13.1. The number of rotatable bonds is 1. The molecule has 2 aliphatic heterocycles. The van der Waals surface area contributed by atoms with Gasteiger partial charge in [0, 0.05) is 29.7 Å². The molecule has 2 aromatic carbocycles. The number of benzene rings is 2. The van der Waals surface area contributed by atoms with Crippen LogP contribution in [0.25, 0.3) is 0 Å². The summed E-state index contributed by atoms with van der Waals surface area (Å²) < 4.78 is 0. The monoisotopic (exact) mass is 460 g/mol. The maximum atomic E-state index is 4.81. The molecule has 0 saturated heterocycles. The Morgan fingerprint density at radius 2 is 1.06 bits per heavy atom. The second-order valence-electron chi connectivity index (χ2n) is 13.1. The summed E-state index contributed by atoms with van der Waals surface area (Å²) in [4.78, 5) is 9.56. The summed E-state index contributed by atoms with van der Waals surface area (Å²) in [5, 5.41) is 0. The maximum Gasteiger partial charge on any atom is 0.0668 e. The summed E-state index contributed by atoms with van der Waals surface area (Å²) in [5.41, 5.74) is 11.1. The first kappa shape index (κ1) is 28.0. The van der Waals surface area contributed by atoms with Crippen LogP contribution in [0.2, 0.25) is 0 Å². The summed E-state index contributed by atoms with van der Waals surface area (Å²) in [6.45, 7) is 24.6. The molecule has 2 heterocycles. The molecule has 186 valence electrons. The fourth-order valence-corrected chi connectivity index (χ4v) is 4.09. The van der Waals surface area contributed by atoms with Crippen molar-refractivity contribution in [2.24, 2.45) is 21.3 Å². The van der Waals surface area contributed by atoms with Crippen LogP contribution >= 0.6 is 0 Å². The molecule has 0 atom stereocenters. The SMILES string of the molecule is C.CC(C)(C)C1=Nc2cc(C(C)(C)C)ccc2C1.CC(C)C1=Nc2cc(C(C)(C)C)ccc2C1. The van der Waals surface area contributed by atoms with Crippen molar-refractivity contribution in [1.82, 2.24) is 0 Å². The van der Waals surface area contributed by atoms with Crippen molar-refractivity contribution in [3.8, 4) is 0 Å². The third kappa shape index (κ3) is 6.46. The van der Waals surface area contributed by atoms with E-state index >= 15 is 0 Å². The zero-order valence-electron chi connectivity index (χ0n) is 22.9. The molecule has 0 N–H and O–H groups in total. The van der Waals surface area contributed by atoms with Gasteiger partial charge in [-0.1, -0.05) is 108 Å². The lowest BCUT2D eigenvalue weighted by Crippen LogP contribution is -2.19. The van der Waals surface area contributed by atoms with E-state index in [2.05, 4.69) is 113 Å². The van der Waals surface area contributed by atoms with Gasteiger partial charge < -0.3 is 0 Å². The van der Waals surface area contributed by atoms with Gasteiger partial charge in [-0.05, 0) is 51.1 Å². The molecule has 0 aromatic heterocycles. The summed E-state index contributed by atoms with van der Waals surface area (Å²) >= 11 is 0. The number of nitrogens with zero attached hydrogens (tertiary/aromatic N) is 2. The van der Waals surface area contributed by atoms with Gasteiger partial charge in [0.2, 0.25) is 0 Å². The lowest BCUT2D eigenvalue weighted by molar-refractivity contribution is 0.584. The van der Waals surface area contributed by atoms with E-state index in [4.69, 9.17) is 9.98 Å². The van der Waals surface area contributed by atoms with E-state index in [0.717, 1.165) is 12.8 Å². The molecular weight excluding hydrogens is 412 g/mol. The first-order valence-corrected chi connectivity index (χ1v) is 12.5. The zero-order valence-corrected chi connectivity index (χ0v) is 22.9. The Labute approximate surface area is 210 Å². The van der Waals surface area contributed by atoms with E-state index in [1.54, 1.807) is 0 Å². The van der Waals surface area contributed by atoms with Gasteiger partial charge in [0.15, 0.2) is 0 Å². The number of hydrogen-bond acceptors (Lipinski definition) is 2. The number of aliphatic imine (C=N–C) groups is 2. The normalized spacial score (nSPS) is 15.1. The third-order valence-corrected chi connectivity index (χ3v) is 6.68. The van der Waals surface area contributed by atoms with Crippen LogP contribution in [0, 0.1) is 11.3 Å². The highest BCUT2D eigenvalue weighted by molar-refractivity contribution is 5.97. The summed E-state index contributed by atoms with van der Waals surface area (Å²) in [6, 6.07) is 13.5. The Morgan fingerprint density at radius 3 is 1.47 bits per heavy atom. The molecular formula is C32H48N2. The van der Waals surface area contributed by atoms with Gasteiger partial charge in [0.1, 0.15) is 0 Å². The Morgan fingerprint density at radius 1 is 0.618 bits per heavy atom. The van der Waals surface area contributed by atoms with Crippen molar-refractivity contribution >= 4 is 22.8 Å². The minimum Gasteiger partial charge on any atom is -0.257 e. The van der Waals surface area contributed by atoms with Crippen LogP contribution in [-0.4, -0.2) is 11.4 Å². The predicted molar refractivity (Wildman–Crippen MR) is 153 cm³/mol. The lowest BCUT2D eigenvalue weighted by Gasteiger charge is -2.19. The van der Waals surface area contributed by atoms with Gasteiger partial charge in [-0.2, -0.15) is 0 Å². The summed E-state index contributed by atoms with van der Waals surface area (Å²) in [7, 11) is 0. The zero-order chi connectivity index (χ0) is 24.8. The van der Waals surface area contributed by atoms with E-state index in [0.29, 0.717) is 5.92 Å². The molecule has 2 nitrogen and oxygen atoms in total. The van der Waals surface area contributed by atoms with Crippen LogP contribution in [0.3, 0.4) is 0 Å². The number of fused-ring (bicyclic) bond motifs is 2. The van der Waals surface area contributed by atoms with Crippen LogP contribution in [0.1, 0.15) is 106 Å². The molecule has 34 heavy (non-hydrogen) atoms. The van der Waals surface area contributed by atoms with E-state index in [1.807, 2.05) is 0 Å². The molecule has 0 saturated carbocycles. The molecule has 2 aromatic rings. The van der Waals surface area contributed by atoms with Gasteiger partial charge in [0.25, 0.3) is 0 Å². The molecule has 0 unspecified atom stereocenters. The van der Waals surface area contributed by atoms with E-state index in [1.165, 1.54) is 45.1 Å². The molecule has 0 spiro atoms. The lowest BCUT2D eigenvalue weighted by atomic mass is 9.85. The summed E-state index contributed by atoms with van der Waals surface area (Å²) in [6.07, 6.45) is 2.06. The van der Waals surface area contributed by atoms with Crippen molar-refractivity contribution < 1.29 is 0 Å². The molecule has 0 aliphatic carbocycles. The minimum absolute atomic E-state index is 0. The molecule has 0 amide bonds. The highest BCUT2D eigenvalue weighted by Crippen LogP contribution is 2.36. The quantitative estimate of drug-likeness (QED) is 0.405. The molecule has 0 bridgehead atoms. The molecule has 2 heteroatoms. The van der Waals surface area contributed by atoms with Crippen molar-refractivity contribution in [2.75, 3.05) is 0 Å². The van der Waals surface area contributed by atoms with Gasteiger partial charge >= 0.3 is 0 Å². The average molecular weight is 461 g/mol. The van der Waals surface area contributed by atoms with E-state index in [-0.39, 0.29) is 23.7 Å². The van der Waals surface area contributed by atoms with Crippen LogP contribution < -0.4 is 0 Å². The predicted octanol–water partition coefficient (Wildman–Crippen LogP) is 9.56. The van der Waals surface area contributed by atoms with Crippen LogP contribution in [0.5, 0.6) is 0 Å². The Kier molecular flexibility index (Phi) is 8.08. The first-order valence-electron chi connectivity index (χ1n) is 12.5. The third-order valence-electron chi connectivity index (χ3n) is 6.68. The Hall–Kier alpha value is -2.22. The molecule has 0 radical (unpaired) electrons. The van der Waals surface area contributed by atoms with Gasteiger partial charge in [-0.15, -0.1) is 0 Å². The van der Waals surface area contributed by atoms with Crippen molar-refractivity contribution in [1.29, 1.82) is 0 Å². The van der Waals surface area contributed by atoms with Crippen LogP contribution in [0.15, 0.2) is 46.4 Å². The van der Waals surface area contributed by atoms with E-state index in [9.17, 15) is 0 Å². The topological polar surface area (TPSA) is 24.7 Å². The van der Waals surface area contributed by atoms with Crippen molar-refractivity contribution in [3.05, 3.63) is 58.7 Å². The largest absolute Gasteiger partial charge is 0.257 e. The average Bonchev–Trinajstić information content (AvgIpc) is 3.30. The Bertz CT molecular complexity index is 1080. The van der Waals surface area contributed by atoms with E-state index < -0.39 is 0 Å². The first-order chi connectivity index (χ1) is 15.1. The molecule has 4 rings (SSSR count). The van der Waals surface area contributed by atoms with Gasteiger partial charge in [0.05, 0.1) is 11.4 Å². The van der Waals surface area contributed by atoms with Crippen molar-refractivity contribution in [2.45, 2.75) is 107 Å². The summed E-state index contributed by atoms with van der Waals surface area (Å²) in [5.74, 6) is 0.561. The van der Waals surface area contributed by atoms with Crippen molar-refractivity contribution in [3.63, 3.8) is 0 Å². The molecule has 0 fully saturated rings. The van der Waals surface area contributed by atoms with Gasteiger partial charge in [-0.25, -0.2) is 0 Å². The second kappa shape index (κ2) is 9.80. The maximum absolute atomic E-state index is 4.81. The van der Waals surface area contributed by atoms with Crippen LogP contribution in [-0.2, 0) is 23.7 Å². The fraction of sp³-hybridized carbons (Fsp3) is 0.562. The van der Waals surface area contributed by atoms with Crippen LogP contribution in [0.4, 0.5) is 11.4 Å². The number of hydrogen-bond donors (Lipinski definition) is 0. The van der Waals surface area contributed by atoms with Gasteiger partial charge in [-0.3, -0.25) is 9.98 Å². The smallest absolute Gasteiger partial charge is 0.0668 e. The fourth-order valence-electron chi connectivity index (χ4n) is 4.09. The standard InChI is InChI=1S/C16H23N.C15H21N.CH4/c1-15(2,3)12-8-7-11-9-14(16(4,5)6)17-13(11)10-12;1-10(2)13-8-11-6-7-12(15(3,4)5)9-14(11)16-13;/h7-8,10H,9H2,1-6H3;6-7,9-10H,8H2,1-5H3;1H4. The highest BCUT2D eigenvalue weighted by Gasteiger charge is 2.26. The molecule has 2 aliphatic rings. The highest BCUT2D eigenvalue weighted by atomic mass is 14.8. The Balaban J connectivity index is 0.000000234. The minimum atomic E-state index is 0.